The molecule has 0 bridgehead atoms. The number of nitrogens with zero attached hydrogens (tertiary/aromatic N) is 2. The molecule has 0 spiro atoms. The first-order valence-corrected chi connectivity index (χ1v) is 9.17. The standard InChI is InChI=1S/C14H26N2O3S/c1-3-4-5-6-7-8-9-14(19-20(2,17)18)12-16-11-10-15-13-16/h10-11,13-14H,3-9,12H2,1-2H3. The van der Waals surface area contributed by atoms with Gasteiger partial charge >= 0.3 is 0 Å². The van der Waals surface area contributed by atoms with E-state index in [0.29, 0.717) is 6.54 Å². The van der Waals surface area contributed by atoms with E-state index >= 15 is 0 Å². The fourth-order valence-corrected chi connectivity index (χ4v) is 2.85. The molecular weight excluding hydrogens is 276 g/mol. The molecule has 116 valence electrons. The van der Waals surface area contributed by atoms with Gasteiger partial charge in [-0.05, 0) is 6.42 Å². The van der Waals surface area contributed by atoms with E-state index in [1.165, 1.54) is 25.7 Å². The number of aromatic nitrogens is 2. The molecule has 0 aliphatic carbocycles. The first-order chi connectivity index (χ1) is 9.51. The van der Waals surface area contributed by atoms with E-state index in [9.17, 15) is 8.42 Å². The normalized spacial score (nSPS) is 13.5. The Morgan fingerprint density at radius 3 is 2.50 bits per heavy atom. The minimum absolute atomic E-state index is 0.301. The van der Waals surface area contributed by atoms with Gasteiger partial charge in [-0.2, -0.15) is 8.42 Å². The van der Waals surface area contributed by atoms with Crippen molar-refractivity contribution in [3.8, 4) is 0 Å². The zero-order valence-corrected chi connectivity index (χ0v) is 13.3. The maximum atomic E-state index is 11.3. The minimum Gasteiger partial charge on any atom is -0.335 e. The molecule has 1 heterocycles. The number of hydrogen-bond donors (Lipinski definition) is 0. The molecule has 0 fully saturated rings. The Morgan fingerprint density at radius 1 is 1.20 bits per heavy atom. The zero-order chi connectivity index (χ0) is 14.8. The van der Waals surface area contributed by atoms with Crippen molar-refractivity contribution in [2.45, 2.75) is 64.5 Å². The molecule has 0 N–H and O–H groups in total. The van der Waals surface area contributed by atoms with E-state index in [-0.39, 0.29) is 6.10 Å². The van der Waals surface area contributed by atoms with Crippen LogP contribution in [0, 0.1) is 0 Å². The molecule has 5 nitrogen and oxygen atoms in total. The van der Waals surface area contributed by atoms with Crippen LogP contribution in [0.1, 0.15) is 51.9 Å². The smallest absolute Gasteiger partial charge is 0.264 e. The molecule has 0 amide bonds. The van der Waals surface area contributed by atoms with Gasteiger partial charge in [0.25, 0.3) is 10.1 Å². The second-order valence-corrected chi connectivity index (χ2v) is 6.84. The van der Waals surface area contributed by atoms with Gasteiger partial charge in [-0.1, -0.05) is 45.4 Å². The van der Waals surface area contributed by atoms with E-state index in [0.717, 1.165) is 25.5 Å². The summed E-state index contributed by atoms with van der Waals surface area (Å²) in [4.78, 5) is 3.96. The molecule has 0 aliphatic rings. The molecule has 20 heavy (non-hydrogen) atoms. The molecule has 0 saturated carbocycles. The lowest BCUT2D eigenvalue weighted by atomic mass is 10.1. The number of hydrogen-bond acceptors (Lipinski definition) is 4. The Hall–Kier alpha value is -0.880. The predicted molar refractivity (Wildman–Crippen MR) is 79.9 cm³/mol. The van der Waals surface area contributed by atoms with Crippen LogP contribution >= 0.6 is 0 Å². The van der Waals surface area contributed by atoms with Crippen molar-refractivity contribution in [1.29, 1.82) is 0 Å². The average molecular weight is 302 g/mol. The number of unbranched alkanes of at least 4 members (excludes halogenated alkanes) is 5. The first kappa shape index (κ1) is 17.2. The lowest BCUT2D eigenvalue weighted by molar-refractivity contribution is 0.175. The topological polar surface area (TPSA) is 61.2 Å². The maximum absolute atomic E-state index is 11.3. The maximum Gasteiger partial charge on any atom is 0.264 e. The van der Waals surface area contributed by atoms with Gasteiger partial charge in [0, 0.05) is 12.4 Å². The van der Waals surface area contributed by atoms with Crippen molar-refractivity contribution in [2.75, 3.05) is 6.26 Å². The van der Waals surface area contributed by atoms with Crippen LogP contribution in [0.5, 0.6) is 0 Å². The van der Waals surface area contributed by atoms with E-state index in [4.69, 9.17) is 4.18 Å². The summed E-state index contributed by atoms with van der Waals surface area (Å²) in [6.07, 6.45) is 13.9. The van der Waals surface area contributed by atoms with Crippen molar-refractivity contribution in [3.63, 3.8) is 0 Å². The highest BCUT2D eigenvalue weighted by Gasteiger charge is 2.15. The molecule has 0 aromatic carbocycles. The molecule has 1 unspecified atom stereocenters. The van der Waals surface area contributed by atoms with Gasteiger partial charge in [0.2, 0.25) is 0 Å². The lowest BCUT2D eigenvalue weighted by Crippen LogP contribution is -2.22. The molecule has 1 atom stereocenters. The third kappa shape index (κ3) is 8.32. The van der Waals surface area contributed by atoms with Crippen LogP contribution < -0.4 is 0 Å². The Labute approximate surface area is 122 Å². The Bertz CT molecular complexity index is 443. The van der Waals surface area contributed by atoms with E-state index < -0.39 is 10.1 Å². The molecule has 0 saturated heterocycles. The van der Waals surface area contributed by atoms with Gasteiger partial charge in [0.1, 0.15) is 0 Å². The van der Waals surface area contributed by atoms with E-state index in [2.05, 4.69) is 11.9 Å². The van der Waals surface area contributed by atoms with Crippen LogP contribution in [-0.4, -0.2) is 30.3 Å². The van der Waals surface area contributed by atoms with Crippen LogP contribution in [0.2, 0.25) is 0 Å². The van der Waals surface area contributed by atoms with Gasteiger partial charge in [0.05, 0.1) is 25.2 Å². The molecule has 0 radical (unpaired) electrons. The van der Waals surface area contributed by atoms with Gasteiger partial charge in [-0.25, -0.2) is 4.98 Å². The number of imidazole rings is 1. The first-order valence-electron chi connectivity index (χ1n) is 7.35. The zero-order valence-electron chi connectivity index (χ0n) is 12.5. The van der Waals surface area contributed by atoms with Crippen molar-refractivity contribution in [2.24, 2.45) is 0 Å². The van der Waals surface area contributed by atoms with Crippen LogP contribution in [0.4, 0.5) is 0 Å². The molecular formula is C14H26N2O3S. The third-order valence-electron chi connectivity index (χ3n) is 3.16. The van der Waals surface area contributed by atoms with Crippen LogP contribution in [0.25, 0.3) is 0 Å². The lowest BCUT2D eigenvalue weighted by Gasteiger charge is -2.16. The van der Waals surface area contributed by atoms with Crippen molar-refractivity contribution >= 4 is 10.1 Å². The third-order valence-corrected chi connectivity index (χ3v) is 3.79. The van der Waals surface area contributed by atoms with Crippen LogP contribution in [-0.2, 0) is 20.8 Å². The molecule has 1 rings (SSSR count). The van der Waals surface area contributed by atoms with Crippen molar-refractivity contribution < 1.29 is 12.6 Å². The van der Waals surface area contributed by atoms with Crippen molar-refractivity contribution in [1.82, 2.24) is 9.55 Å². The van der Waals surface area contributed by atoms with Gasteiger partial charge in [0.15, 0.2) is 0 Å². The molecule has 1 aromatic heterocycles. The van der Waals surface area contributed by atoms with Crippen LogP contribution in [0.3, 0.4) is 0 Å². The molecule has 1 aromatic rings. The quantitative estimate of drug-likeness (QED) is 0.466. The monoisotopic (exact) mass is 302 g/mol. The minimum atomic E-state index is -3.41. The van der Waals surface area contributed by atoms with Crippen molar-refractivity contribution in [3.05, 3.63) is 18.7 Å². The fraction of sp³-hybridized carbons (Fsp3) is 0.786. The van der Waals surface area contributed by atoms with Gasteiger partial charge in [-0.3, -0.25) is 4.18 Å². The highest BCUT2D eigenvalue weighted by molar-refractivity contribution is 7.86. The summed E-state index contributed by atoms with van der Waals surface area (Å²) < 4.78 is 29.6. The number of rotatable bonds is 11. The fourth-order valence-electron chi connectivity index (χ4n) is 2.20. The van der Waals surface area contributed by atoms with Gasteiger partial charge in [-0.15, -0.1) is 0 Å². The average Bonchev–Trinajstić information content (AvgIpc) is 2.84. The second-order valence-electron chi connectivity index (χ2n) is 5.24. The summed E-state index contributed by atoms with van der Waals surface area (Å²) in [6.45, 7) is 2.73. The Morgan fingerprint density at radius 2 is 1.90 bits per heavy atom. The van der Waals surface area contributed by atoms with Gasteiger partial charge < -0.3 is 4.57 Å². The van der Waals surface area contributed by atoms with Crippen LogP contribution in [0.15, 0.2) is 18.7 Å². The Kier molecular flexibility index (Phi) is 7.84. The highest BCUT2D eigenvalue weighted by atomic mass is 32.2. The Balaban J connectivity index is 2.34. The largest absolute Gasteiger partial charge is 0.335 e. The summed E-state index contributed by atoms with van der Waals surface area (Å²) in [5.74, 6) is 0. The predicted octanol–water partition coefficient (Wildman–Crippen LogP) is 2.98. The SMILES string of the molecule is CCCCCCCCC(Cn1ccnc1)OS(C)(=O)=O. The van der Waals surface area contributed by atoms with E-state index in [1.54, 1.807) is 12.5 Å². The summed E-state index contributed by atoms with van der Waals surface area (Å²) in [7, 11) is -3.41. The second kappa shape index (κ2) is 9.13. The summed E-state index contributed by atoms with van der Waals surface area (Å²) in [5, 5.41) is 0. The molecule has 0 aliphatic heterocycles. The summed E-state index contributed by atoms with van der Waals surface area (Å²) >= 11 is 0. The summed E-state index contributed by atoms with van der Waals surface area (Å²) in [5.41, 5.74) is 0. The summed E-state index contributed by atoms with van der Waals surface area (Å²) in [6, 6.07) is 0. The van der Waals surface area contributed by atoms with E-state index in [1.807, 2.05) is 10.8 Å². The highest BCUT2D eigenvalue weighted by Crippen LogP contribution is 2.13. The molecule has 6 heteroatoms.